The monoisotopic (exact) mass is 183 g/mol. The van der Waals surface area contributed by atoms with Crippen LogP contribution in [0.25, 0.3) is 0 Å². The first kappa shape index (κ1) is 9.11. The van der Waals surface area contributed by atoms with E-state index in [9.17, 15) is 9.59 Å². The fourth-order valence-corrected chi connectivity index (χ4v) is 0.850. The minimum Gasteiger partial charge on any atom is -0.477 e. The van der Waals surface area contributed by atoms with Crippen molar-refractivity contribution in [3.63, 3.8) is 0 Å². The highest BCUT2D eigenvalue weighted by atomic mass is 16.4. The smallest absolute Gasteiger partial charge is 0.352 e. The van der Waals surface area contributed by atoms with E-state index in [0.29, 0.717) is 5.69 Å². The zero-order valence-electron chi connectivity index (χ0n) is 6.70. The number of primary amides is 1. The van der Waals surface area contributed by atoms with Crippen LogP contribution in [0.5, 0.6) is 0 Å². The maximum atomic E-state index is 10.4. The number of amides is 2. The molecule has 1 aromatic heterocycles. The van der Waals surface area contributed by atoms with Gasteiger partial charge in [0.2, 0.25) is 0 Å². The van der Waals surface area contributed by atoms with Gasteiger partial charge in [-0.1, -0.05) is 0 Å². The Labute approximate surface area is 73.7 Å². The molecule has 1 rings (SSSR count). The van der Waals surface area contributed by atoms with Crippen molar-refractivity contribution >= 4 is 12.0 Å². The van der Waals surface area contributed by atoms with Gasteiger partial charge in [0.05, 0.1) is 6.54 Å². The molecule has 1 heterocycles. The van der Waals surface area contributed by atoms with Gasteiger partial charge in [0.25, 0.3) is 0 Å². The van der Waals surface area contributed by atoms with Gasteiger partial charge in [0.15, 0.2) is 0 Å². The molecule has 0 saturated carbocycles. The SMILES string of the molecule is NC(=O)NCc1ccc(C(=O)O)[nH]1. The quantitative estimate of drug-likeness (QED) is 0.524. The molecule has 0 fully saturated rings. The summed E-state index contributed by atoms with van der Waals surface area (Å²) in [7, 11) is 0. The molecule has 0 radical (unpaired) electrons. The van der Waals surface area contributed by atoms with Gasteiger partial charge in [-0.15, -0.1) is 0 Å². The summed E-state index contributed by atoms with van der Waals surface area (Å²) in [6, 6.07) is 2.34. The van der Waals surface area contributed by atoms with Crippen LogP contribution in [0.3, 0.4) is 0 Å². The third-order valence-corrected chi connectivity index (χ3v) is 1.43. The molecule has 0 aliphatic carbocycles. The van der Waals surface area contributed by atoms with Gasteiger partial charge in [0.1, 0.15) is 5.69 Å². The normalized spacial score (nSPS) is 9.54. The predicted molar refractivity (Wildman–Crippen MR) is 44.2 cm³/mol. The maximum Gasteiger partial charge on any atom is 0.352 e. The Balaban J connectivity index is 2.59. The van der Waals surface area contributed by atoms with E-state index >= 15 is 0 Å². The van der Waals surface area contributed by atoms with Crippen LogP contribution >= 0.6 is 0 Å². The molecule has 0 aromatic carbocycles. The fraction of sp³-hybridized carbons (Fsp3) is 0.143. The van der Waals surface area contributed by atoms with Crippen LogP contribution in [0.4, 0.5) is 4.79 Å². The fourth-order valence-electron chi connectivity index (χ4n) is 0.850. The number of nitrogens with two attached hydrogens (primary N) is 1. The molecule has 0 aliphatic rings. The number of carboxylic acids is 1. The van der Waals surface area contributed by atoms with Crippen LogP contribution in [0.1, 0.15) is 16.2 Å². The van der Waals surface area contributed by atoms with Gasteiger partial charge < -0.3 is 21.1 Å². The highest BCUT2D eigenvalue weighted by Crippen LogP contribution is 2.00. The third kappa shape index (κ3) is 2.51. The molecular formula is C7H9N3O3. The number of H-pyrrole nitrogens is 1. The standard InChI is InChI=1S/C7H9N3O3/c8-7(13)9-3-4-1-2-5(10-4)6(11)12/h1-2,10H,3H2,(H,11,12)(H3,8,9,13). The minimum absolute atomic E-state index is 0.0845. The summed E-state index contributed by atoms with van der Waals surface area (Å²) in [4.78, 5) is 23.3. The largest absolute Gasteiger partial charge is 0.477 e. The van der Waals surface area contributed by atoms with Crippen molar-refractivity contribution < 1.29 is 14.7 Å². The van der Waals surface area contributed by atoms with Crippen molar-refractivity contribution in [1.29, 1.82) is 0 Å². The van der Waals surface area contributed by atoms with Crippen LogP contribution in [0, 0.1) is 0 Å². The summed E-state index contributed by atoms with van der Waals surface area (Å²) in [5.74, 6) is -1.04. The van der Waals surface area contributed by atoms with Gasteiger partial charge in [-0.3, -0.25) is 0 Å². The predicted octanol–water partition coefficient (Wildman–Crippen LogP) is -0.119. The minimum atomic E-state index is -1.04. The number of aromatic carboxylic acids is 1. The highest BCUT2D eigenvalue weighted by Gasteiger charge is 2.05. The lowest BCUT2D eigenvalue weighted by atomic mass is 10.4. The molecule has 70 valence electrons. The number of rotatable bonds is 3. The Morgan fingerprint density at radius 3 is 2.69 bits per heavy atom. The van der Waals surface area contributed by atoms with Gasteiger partial charge in [-0.25, -0.2) is 9.59 Å². The Hall–Kier alpha value is -1.98. The van der Waals surface area contributed by atoms with Gasteiger partial charge >= 0.3 is 12.0 Å². The lowest BCUT2D eigenvalue weighted by Crippen LogP contribution is -2.28. The Kier molecular flexibility index (Phi) is 2.53. The first-order valence-corrected chi connectivity index (χ1v) is 3.54. The van der Waals surface area contributed by atoms with E-state index in [0.717, 1.165) is 0 Å². The van der Waals surface area contributed by atoms with E-state index in [2.05, 4.69) is 10.3 Å². The van der Waals surface area contributed by atoms with Crippen molar-refractivity contribution in [2.45, 2.75) is 6.54 Å². The molecule has 0 unspecified atom stereocenters. The van der Waals surface area contributed by atoms with E-state index in [-0.39, 0.29) is 12.2 Å². The van der Waals surface area contributed by atoms with E-state index in [1.807, 2.05) is 0 Å². The van der Waals surface area contributed by atoms with Gasteiger partial charge in [0, 0.05) is 5.69 Å². The molecule has 0 bridgehead atoms. The summed E-state index contributed by atoms with van der Waals surface area (Å²) >= 11 is 0. The third-order valence-electron chi connectivity index (χ3n) is 1.43. The zero-order valence-corrected chi connectivity index (χ0v) is 6.70. The lowest BCUT2D eigenvalue weighted by molar-refractivity contribution is 0.0691. The number of carbonyl (C=O) groups is 2. The summed E-state index contributed by atoms with van der Waals surface area (Å²) in [5, 5.41) is 10.9. The molecule has 0 spiro atoms. The van der Waals surface area contributed by atoms with Gasteiger partial charge in [-0.05, 0) is 12.1 Å². The Bertz CT molecular complexity index is 331. The number of carbonyl (C=O) groups excluding carboxylic acids is 1. The second-order valence-corrected chi connectivity index (χ2v) is 2.42. The number of nitrogens with one attached hydrogen (secondary N) is 2. The lowest BCUT2D eigenvalue weighted by Gasteiger charge is -1.97. The van der Waals surface area contributed by atoms with E-state index in [1.165, 1.54) is 6.07 Å². The molecule has 6 heteroatoms. The summed E-state index contributed by atoms with van der Waals surface area (Å²) in [5.41, 5.74) is 5.50. The number of aromatic amines is 1. The van der Waals surface area contributed by atoms with Crippen molar-refractivity contribution in [3.05, 3.63) is 23.5 Å². The van der Waals surface area contributed by atoms with E-state index < -0.39 is 12.0 Å². The zero-order chi connectivity index (χ0) is 9.84. The molecular weight excluding hydrogens is 174 g/mol. The van der Waals surface area contributed by atoms with Crippen LogP contribution in [-0.4, -0.2) is 22.1 Å². The summed E-state index contributed by atoms with van der Waals surface area (Å²) in [6.07, 6.45) is 0. The van der Waals surface area contributed by atoms with Crippen molar-refractivity contribution in [3.8, 4) is 0 Å². The second-order valence-electron chi connectivity index (χ2n) is 2.42. The van der Waals surface area contributed by atoms with Crippen LogP contribution in [0.15, 0.2) is 12.1 Å². The number of aromatic nitrogens is 1. The molecule has 0 aliphatic heterocycles. The van der Waals surface area contributed by atoms with E-state index in [1.54, 1.807) is 6.07 Å². The number of carboxylic acid groups (broad SMARTS) is 1. The van der Waals surface area contributed by atoms with Crippen LogP contribution in [-0.2, 0) is 6.54 Å². The molecule has 6 nitrogen and oxygen atoms in total. The number of hydrogen-bond acceptors (Lipinski definition) is 2. The Morgan fingerprint density at radius 1 is 1.54 bits per heavy atom. The number of urea groups is 1. The average molecular weight is 183 g/mol. The molecule has 13 heavy (non-hydrogen) atoms. The van der Waals surface area contributed by atoms with Crippen molar-refractivity contribution in [2.75, 3.05) is 0 Å². The summed E-state index contributed by atoms with van der Waals surface area (Å²) < 4.78 is 0. The first-order chi connectivity index (χ1) is 6.09. The average Bonchev–Trinajstić information content (AvgIpc) is 2.48. The molecule has 2 amide bonds. The van der Waals surface area contributed by atoms with Crippen LogP contribution < -0.4 is 11.1 Å². The topological polar surface area (TPSA) is 108 Å². The van der Waals surface area contributed by atoms with Gasteiger partial charge in [-0.2, -0.15) is 0 Å². The molecule has 0 saturated heterocycles. The van der Waals surface area contributed by atoms with Crippen molar-refractivity contribution in [2.24, 2.45) is 5.73 Å². The van der Waals surface area contributed by atoms with Crippen LogP contribution in [0.2, 0.25) is 0 Å². The first-order valence-electron chi connectivity index (χ1n) is 3.54. The molecule has 0 atom stereocenters. The second kappa shape index (κ2) is 3.61. The molecule has 1 aromatic rings. The number of hydrogen-bond donors (Lipinski definition) is 4. The summed E-state index contributed by atoms with van der Waals surface area (Å²) in [6.45, 7) is 0.197. The van der Waals surface area contributed by atoms with E-state index in [4.69, 9.17) is 10.8 Å². The maximum absolute atomic E-state index is 10.4. The Morgan fingerprint density at radius 2 is 2.23 bits per heavy atom. The molecule has 5 N–H and O–H groups in total. The highest BCUT2D eigenvalue weighted by molar-refractivity contribution is 5.85. The van der Waals surface area contributed by atoms with Crippen molar-refractivity contribution in [1.82, 2.24) is 10.3 Å².